The molecule has 0 amide bonds. The number of esters is 3. The Labute approximate surface area is 389 Å². The Kier molecular flexibility index (Phi) is 48.9. The largest absolute Gasteiger partial charge is 0.462 e. The van der Waals surface area contributed by atoms with Crippen LogP contribution in [0.3, 0.4) is 0 Å². The summed E-state index contributed by atoms with van der Waals surface area (Å²) in [5.41, 5.74) is 0. The van der Waals surface area contributed by atoms with E-state index in [1.165, 1.54) is 141 Å². The highest BCUT2D eigenvalue weighted by Crippen LogP contribution is 2.14. The zero-order valence-electron chi connectivity index (χ0n) is 41.3. The summed E-state index contributed by atoms with van der Waals surface area (Å²) in [5.74, 6) is -1.05. The monoisotopic (exact) mass is 879 g/mol. The van der Waals surface area contributed by atoms with E-state index in [0.717, 1.165) is 70.6 Å². The van der Waals surface area contributed by atoms with Gasteiger partial charge in [-0.05, 0) is 89.9 Å². The fourth-order valence-corrected chi connectivity index (χ4v) is 7.23. The van der Waals surface area contributed by atoms with Crippen molar-refractivity contribution in [1.29, 1.82) is 0 Å². The summed E-state index contributed by atoms with van der Waals surface area (Å²) >= 11 is 0. The summed E-state index contributed by atoms with van der Waals surface area (Å²) in [7, 11) is 0. The third-order valence-corrected chi connectivity index (χ3v) is 11.2. The zero-order valence-corrected chi connectivity index (χ0v) is 41.3. The highest BCUT2D eigenvalue weighted by Gasteiger charge is 2.19. The van der Waals surface area contributed by atoms with Crippen molar-refractivity contribution in [1.82, 2.24) is 0 Å². The lowest BCUT2D eigenvalue weighted by atomic mass is 10.1. The highest BCUT2D eigenvalue weighted by atomic mass is 16.6. The van der Waals surface area contributed by atoms with Crippen LogP contribution in [0.5, 0.6) is 0 Å². The van der Waals surface area contributed by atoms with E-state index in [-0.39, 0.29) is 31.6 Å². The number of hydrogen-bond acceptors (Lipinski definition) is 6. The average Bonchev–Trinajstić information content (AvgIpc) is 3.28. The summed E-state index contributed by atoms with van der Waals surface area (Å²) in [5, 5.41) is 0. The summed E-state index contributed by atoms with van der Waals surface area (Å²) in [6, 6.07) is 0. The van der Waals surface area contributed by atoms with Crippen LogP contribution in [0.4, 0.5) is 0 Å². The van der Waals surface area contributed by atoms with Crippen molar-refractivity contribution < 1.29 is 28.6 Å². The molecule has 0 aliphatic carbocycles. The molecule has 362 valence electrons. The second-order valence-corrected chi connectivity index (χ2v) is 17.4. The molecule has 0 radical (unpaired) electrons. The molecule has 0 N–H and O–H groups in total. The second kappa shape index (κ2) is 51.5. The third kappa shape index (κ3) is 49.7. The summed E-state index contributed by atoms with van der Waals surface area (Å²) < 4.78 is 16.7. The van der Waals surface area contributed by atoms with Crippen LogP contribution in [-0.4, -0.2) is 37.2 Å². The smallest absolute Gasteiger partial charge is 0.309 e. The van der Waals surface area contributed by atoms with Crippen LogP contribution in [0.15, 0.2) is 72.9 Å². The zero-order chi connectivity index (χ0) is 45.8. The Morgan fingerprint density at radius 1 is 0.349 bits per heavy atom. The predicted molar refractivity (Wildman–Crippen MR) is 270 cm³/mol. The molecule has 6 heteroatoms. The van der Waals surface area contributed by atoms with E-state index in [0.29, 0.717) is 12.8 Å². The number of rotatable bonds is 47. The summed E-state index contributed by atoms with van der Waals surface area (Å²) in [6.45, 7) is 6.39. The van der Waals surface area contributed by atoms with Gasteiger partial charge in [-0.2, -0.15) is 0 Å². The van der Waals surface area contributed by atoms with Crippen molar-refractivity contribution in [2.45, 2.75) is 258 Å². The molecule has 0 saturated carbocycles. The van der Waals surface area contributed by atoms with Gasteiger partial charge in [0, 0.05) is 12.8 Å². The molecule has 0 aromatic rings. The molecule has 6 nitrogen and oxygen atoms in total. The molecule has 0 aliphatic heterocycles. The first-order valence-corrected chi connectivity index (χ1v) is 26.4. The molecule has 1 atom stereocenters. The van der Waals surface area contributed by atoms with E-state index < -0.39 is 12.1 Å². The van der Waals surface area contributed by atoms with Gasteiger partial charge in [-0.15, -0.1) is 0 Å². The molecule has 0 aromatic heterocycles. The normalized spacial score (nSPS) is 12.6. The van der Waals surface area contributed by atoms with Crippen LogP contribution in [0.1, 0.15) is 252 Å². The van der Waals surface area contributed by atoms with E-state index in [2.05, 4.69) is 81.5 Å². The SMILES string of the molecule is CC/C=C\C/C=C\C/C=C\CC(=O)OCC(COC(=O)CCCCCCCCC/C=C\CCCCCCCCCC)OC(=O)CCCCCCCCC/C=C\C/C=C\CCCCC. The molecule has 0 rings (SSSR count). The van der Waals surface area contributed by atoms with Crippen LogP contribution < -0.4 is 0 Å². The maximum atomic E-state index is 12.8. The molecule has 1 unspecified atom stereocenters. The molecule has 0 bridgehead atoms. The van der Waals surface area contributed by atoms with Crippen molar-refractivity contribution in [2.75, 3.05) is 13.2 Å². The van der Waals surface area contributed by atoms with E-state index in [1.54, 1.807) is 6.08 Å². The molecule has 0 aliphatic rings. The Bertz CT molecular complexity index is 1190. The molecule has 0 heterocycles. The van der Waals surface area contributed by atoms with Crippen molar-refractivity contribution in [2.24, 2.45) is 0 Å². The Balaban J connectivity index is 4.35. The molecule has 0 fully saturated rings. The van der Waals surface area contributed by atoms with Gasteiger partial charge in [-0.25, -0.2) is 0 Å². The fraction of sp³-hybridized carbons (Fsp3) is 0.737. The van der Waals surface area contributed by atoms with Gasteiger partial charge in [0.1, 0.15) is 13.2 Å². The third-order valence-electron chi connectivity index (χ3n) is 11.2. The molecule has 0 saturated heterocycles. The van der Waals surface area contributed by atoms with Crippen LogP contribution >= 0.6 is 0 Å². The van der Waals surface area contributed by atoms with Crippen molar-refractivity contribution in [3.8, 4) is 0 Å². The van der Waals surface area contributed by atoms with Crippen molar-refractivity contribution in [3.05, 3.63) is 72.9 Å². The van der Waals surface area contributed by atoms with Crippen LogP contribution in [-0.2, 0) is 28.6 Å². The maximum absolute atomic E-state index is 12.8. The highest BCUT2D eigenvalue weighted by molar-refractivity contribution is 5.72. The van der Waals surface area contributed by atoms with Gasteiger partial charge in [-0.1, -0.05) is 216 Å². The van der Waals surface area contributed by atoms with Crippen molar-refractivity contribution in [3.63, 3.8) is 0 Å². The maximum Gasteiger partial charge on any atom is 0.309 e. The summed E-state index contributed by atoms with van der Waals surface area (Å²) in [6.07, 6.45) is 65.0. The van der Waals surface area contributed by atoms with Gasteiger partial charge in [0.05, 0.1) is 6.42 Å². The Morgan fingerprint density at radius 3 is 1.16 bits per heavy atom. The van der Waals surface area contributed by atoms with Gasteiger partial charge < -0.3 is 14.2 Å². The molecule has 0 aromatic carbocycles. The topological polar surface area (TPSA) is 78.9 Å². The molecule has 0 spiro atoms. The van der Waals surface area contributed by atoms with Crippen LogP contribution in [0.2, 0.25) is 0 Å². The minimum Gasteiger partial charge on any atom is -0.462 e. The second-order valence-electron chi connectivity index (χ2n) is 17.4. The van der Waals surface area contributed by atoms with Gasteiger partial charge >= 0.3 is 17.9 Å². The van der Waals surface area contributed by atoms with E-state index in [4.69, 9.17) is 14.2 Å². The van der Waals surface area contributed by atoms with Crippen LogP contribution in [0, 0.1) is 0 Å². The molecular formula is C57H98O6. The van der Waals surface area contributed by atoms with Crippen LogP contribution in [0.25, 0.3) is 0 Å². The lowest BCUT2D eigenvalue weighted by molar-refractivity contribution is -0.166. The van der Waals surface area contributed by atoms with Gasteiger partial charge in [-0.3, -0.25) is 14.4 Å². The predicted octanol–water partition coefficient (Wildman–Crippen LogP) is 17.4. The van der Waals surface area contributed by atoms with E-state index >= 15 is 0 Å². The lowest BCUT2D eigenvalue weighted by Crippen LogP contribution is -2.30. The van der Waals surface area contributed by atoms with E-state index in [1.807, 2.05) is 6.08 Å². The number of unbranched alkanes of at least 4 members (excludes halogenated alkanes) is 25. The minimum absolute atomic E-state index is 0.108. The van der Waals surface area contributed by atoms with Gasteiger partial charge in [0.15, 0.2) is 6.10 Å². The number of carbonyl (C=O) groups is 3. The number of carbonyl (C=O) groups excluding carboxylic acids is 3. The standard InChI is InChI=1S/C57H98O6/c1-4-7-10-13-16-19-21-23-25-27-28-30-31-33-35-38-41-44-47-50-56(59)62-53-54(52-61-55(58)49-46-43-40-37-18-15-12-9-6-3)63-57(60)51-48-45-42-39-36-34-32-29-26-24-22-20-17-14-11-8-5-2/h9,12,17-18,20,24,26-28,37,43,46,54H,4-8,10-11,13-16,19,21-23,25,29-36,38-42,44-45,47-53H2,1-3H3/b12-9-,20-17-,26-24-,28-27-,37-18-,46-43-. The minimum atomic E-state index is -0.815. The number of allylic oxidation sites excluding steroid dienone is 11. The molecular weight excluding hydrogens is 781 g/mol. The fourth-order valence-electron chi connectivity index (χ4n) is 7.23. The van der Waals surface area contributed by atoms with Gasteiger partial charge in [0.25, 0.3) is 0 Å². The van der Waals surface area contributed by atoms with E-state index in [9.17, 15) is 14.4 Å². The first kappa shape index (κ1) is 59.9. The first-order chi connectivity index (χ1) is 31.0. The summed E-state index contributed by atoms with van der Waals surface area (Å²) in [4.78, 5) is 37.8. The number of ether oxygens (including phenoxy) is 3. The lowest BCUT2D eigenvalue weighted by Gasteiger charge is -2.18. The first-order valence-electron chi connectivity index (χ1n) is 26.4. The number of hydrogen-bond donors (Lipinski definition) is 0. The quantitative estimate of drug-likeness (QED) is 0.0262. The van der Waals surface area contributed by atoms with Gasteiger partial charge in [0.2, 0.25) is 0 Å². The Hall–Kier alpha value is -3.15. The Morgan fingerprint density at radius 2 is 0.683 bits per heavy atom. The van der Waals surface area contributed by atoms with Crippen molar-refractivity contribution >= 4 is 17.9 Å². The average molecular weight is 879 g/mol. The molecule has 63 heavy (non-hydrogen) atoms.